The minimum Gasteiger partial charge on any atom is -0.444 e. The van der Waals surface area contributed by atoms with Crippen LogP contribution in [0, 0.1) is 0 Å². The minimum atomic E-state index is -0.462. The lowest BCUT2D eigenvalue weighted by Gasteiger charge is -2.37. The maximum absolute atomic E-state index is 12.3. The van der Waals surface area contributed by atoms with E-state index in [1.165, 1.54) is 0 Å². The van der Waals surface area contributed by atoms with Gasteiger partial charge in [-0.15, -0.1) is 0 Å². The average molecular weight is 356 g/mol. The molecule has 1 amide bonds. The molecule has 2 heterocycles. The van der Waals surface area contributed by atoms with Crippen molar-refractivity contribution in [1.82, 2.24) is 9.88 Å². The van der Waals surface area contributed by atoms with Gasteiger partial charge >= 0.3 is 6.09 Å². The molecule has 140 valence electrons. The van der Waals surface area contributed by atoms with Gasteiger partial charge in [-0.05, 0) is 39.0 Å². The molecule has 1 aromatic heterocycles. The van der Waals surface area contributed by atoms with Crippen LogP contribution in [0.3, 0.4) is 0 Å². The Balaban J connectivity index is 1.77. The largest absolute Gasteiger partial charge is 0.444 e. The number of anilines is 2. The van der Waals surface area contributed by atoms with Crippen LogP contribution in [0.2, 0.25) is 0 Å². The molecule has 6 nitrogen and oxygen atoms in total. The predicted octanol–water partition coefficient (Wildman–Crippen LogP) is 3.36. The monoisotopic (exact) mass is 356 g/mol. The Morgan fingerprint density at radius 2 is 1.77 bits per heavy atom. The second kappa shape index (κ2) is 7.02. The Kier molecular flexibility index (Phi) is 4.94. The van der Waals surface area contributed by atoms with Gasteiger partial charge in [0.2, 0.25) is 0 Å². The number of fused-ring (bicyclic) bond motifs is 1. The van der Waals surface area contributed by atoms with E-state index in [9.17, 15) is 4.79 Å². The standard InChI is InChI=1S/C20H28N4O2/c1-20(2,3)26-19(25)24-13-11-23(12-14-24)16-8-6-7-15-9-10-17(22(4)5)21-18(15)16/h6-10H,11-14H2,1-5H3. The van der Waals surface area contributed by atoms with Gasteiger partial charge in [-0.2, -0.15) is 0 Å². The van der Waals surface area contributed by atoms with Crippen LogP contribution in [-0.2, 0) is 4.74 Å². The Morgan fingerprint density at radius 1 is 1.08 bits per heavy atom. The van der Waals surface area contributed by atoms with Crippen LogP contribution in [0.15, 0.2) is 30.3 Å². The summed E-state index contributed by atoms with van der Waals surface area (Å²) in [5.74, 6) is 0.942. The average Bonchev–Trinajstić information content (AvgIpc) is 2.59. The van der Waals surface area contributed by atoms with E-state index >= 15 is 0 Å². The molecule has 2 aromatic rings. The van der Waals surface area contributed by atoms with Gasteiger partial charge in [0.1, 0.15) is 11.4 Å². The number of hydrogen-bond donors (Lipinski definition) is 0. The lowest BCUT2D eigenvalue weighted by molar-refractivity contribution is 0.0240. The van der Waals surface area contributed by atoms with Gasteiger partial charge in [0.15, 0.2) is 0 Å². The van der Waals surface area contributed by atoms with E-state index in [4.69, 9.17) is 9.72 Å². The Labute approximate surface area is 155 Å². The van der Waals surface area contributed by atoms with Crippen LogP contribution in [0.4, 0.5) is 16.3 Å². The van der Waals surface area contributed by atoms with Crippen LogP contribution < -0.4 is 9.80 Å². The van der Waals surface area contributed by atoms with Crippen molar-refractivity contribution in [3.05, 3.63) is 30.3 Å². The van der Waals surface area contributed by atoms with Crippen molar-refractivity contribution in [1.29, 1.82) is 0 Å². The molecular weight excluding hydrogens is 328 g/mol. The molecule has 0 saturated carbocycles. The number of aromatic nitrogens is 1. The first-order valence-corrected chi connectivity index (χ1v) is 9.04. The van der Waals surface area contributed by atoms with Crippen LogP contribution in [-0.4, -0.2) is 61.9 Å². The SMILES string of the molecule is CN(C)c1ccc2cccc(N3CCN(C(=O)OC(C)(C)C)CC3)c2n1. The molecule has 0 radical (unpaired) electrons. The maximum Gasteiger partial charge on any atom is 0.410 e. The molecule has 26 heavy (non-hydrogen) atoms. The zero-order chi connectivity index (χ0) is 18.9. The van der Waals surface area contributed by atoms with Gasteiger partial charge in [0.05, 0.1) is 11.2 Å². The minimum absolute atomic E-state index is 0.233. The van der Waals surface area contributed by atoms with Crippen molar-refractivity contribution in [2.24, 2.45) is 0 Å². The number of rotatable bonds is 2. The molecular formula is C20H28N4O2. The van der Waals surface area contributed by atoms with E-state index in [-0.39, 0.29) is 6.09 Å². The Bertz CT molecular complexity index is 790. The molecule has 3 rings (SSSR count). The van der Waals surface area contributed by atoms with Crippen LogP contribution in [0.25, 0.3) is 10.9 Å². The van der Waals surface area contributed by atoms with E-state index in [2.05, 4.69) is 29.2 Å². The normalized spacial score (nSPS) is 15.3. The number of carbonyl (C=O) groups excluding carboxylic acids is 1. The summed E-state index contributed by atoms with van der Waals surface area (Å²) in [5, 5.41) is 1.13. The number of benzene rings is 1. The Hall–Kier alpha value is -2.50. The van der Waals surface area contributed by atoms with E-state index in [1.807, 2.05) is 45.8 Å². The summed E-state index contributed by atoms with van der Waals surface area (Å²) in [4.78, 5) is 23.2. The molecule has 1 aliphatic heterocycles. The van der Waals surface area contributed by atoms with Crippen molar-refractivity contribution in [2.45, 2.75) is 26.4 Å². The van der Waals surface area contributed by atoms with E-state index in [0.29, 0.717) is 13.1 Å². The third kappa shape index (κ3) is 4.00. The molecule has 0 atom stereocenters. The molecule has 1 aliphatic rings. The number of hydrogen-bond acceptors (Lipinski definition) is 5. The number of piperazine rings is 1. The number of carbonyl (C=O) groups is 1. The first kappa shape index (κ1) is 18.3. The smallest absolute Gasteiger partial charge is 0.410 e. The summed E-state index contributed by atoms with van der Waals surface area (Å²) in [6.45, 7) is 8.53. The van der Waals surface area contributed by atoms with Crippen molar-refractivity contribution in [3.63, 3.8) is 0 Å². The summed E-state index contributed by atoms with van der Waals surface area (Å²) in [5.41, 5.74) is 1.66. The van der Waals surface area contributed by atoms with Crippen LogP contribution in [0.1, 0.15) is 20.8 Å². The zero-order valence-corrected chi connectivity index (χ0v) is 16.3. The third-order valence-corrected chi connectivity index (χ3v) is 4.41. The maximum atomic E-state index is 12.3. The molecule has 0 aliphatic carbocycles. The molecule has 0 bridgehead atoms. The molecule has 6 heteroatoms. The van der Waals surface area contributed by atoms with Crippen molar-refractivity contribution < 1.29 is 9.53 Å². The molecule has 0 unspecified atom stereocenters. The molecule has 1 saturated heterocycles. The summed E-state index contributed by atoms with van der Waals surface area (Å²) < 4.78 is 5.48. The highest BCUT2D eigenvalue weighted by atomic mass is 16.6. The fourth-order valence-electron chi connectivity index (χ4n) is 3.08. The van der Waals surface area contributed by atoms with E-state index in [1.54, 1.807) is 4.90 Å². The zero-order valence-electron chi connectivity index (χ0n) is 16.3. The van der Waals surface area contributed by atoms with Gasteiger partial charge in [-0.1, -0.05) is 12.1 Å². The highest BCUT2D eigenvalue weighted by Crippen LogP contribution is 2.28. The van der Waals surface area contributed by atoms with E-state index < -0.39 is 5.60 Å². The van der Waals surface area contributed by atoms with E-state index in [0.717, 1.165) is 35.5 Å². The molecule has 1 fully saturated rings. The van der Waals surface area contributed by atoms with Gasteiger partial charge < -0.3 is 19.4 Å². The van der Waals surface area contributed by atoms with Crippen molar-refractivity contribution >= 4 is 28.5 Å². The van der Waals surface area contributed by atoms with Crippen molar-refractivity contribution in [2.75, 3.05) is 50.1 Å². The molecule has 0 N–H and O–H groups in total. The fourth-order valence-corrected chi connectivity index (χ4v) is 3.08. The Morgan fingerprint density at radius 3 is 2.38 bits per heavy atom. The quantitative estimate of drug-likeness (QED) is 0.826. The number of ether oxygens (including phenoxy) is 1. The second-order valence-corrected chi connectivity index (χ2v) is 7.87. The van der Waals surface area contributed by atoms with Gasteiger partial charge in [-0.25, -0.2) is 9.78 Å². The predicted molar refractivity (Wildman–Crippen MR) is 106 cm³/mol. The number of pyridine rings is 1. The first-order valence-electron chi connectivity index (χ1n) is 9.04. The number of nitrogens with zero attached hydrogens (tertiary/aromatic N) is 4. The fraction of sp³-hybridized carbons (Fsp3) is 0.500. The summed E-state index contributed by atoms with van der Waals surface area (Å²) in [7, 11) is 3.99. The summed E-state index contributed by atoms with van der Waals surface area (Å²) in [6.07, 6.45) is -0.233. The molecule has 0 spiro atoms. The van der Waals surface area contributed by atoms with Gasteiger partial charge in [-0.3, -0.25) is 0 Å². The van der Waals surface area contributed by atoms with Gasteiger partial charge in [0, 0.05) is 45.7 Å². The van der Waals surface area contributed by atoms with Gasteiger partial charge in [0.25, 0.3) is 0 Å². The van der Waals surface area contributed by atoms with Crippen molar-refractivity contribution in [3.8, 4) is 0 Å². The topological polar surface area (TPSA) is 48.9 Å². The summed E-state index contributed by atoms with van der Waals surface area (Å²) in [6, 6.07) is 10.4. The first-order chi connectivity index (χ1) is 12.2. The molecule has 1 aromatic carbocycles. The van der Waals surface area contributed by atoms with Crippen LogP contribution in [0.5, 0.6) is 0 Å². The number of amides is 1. The summed E-state index contributed by atoms with van der Waals surface area (Å²) >= 11 is 0. The highest BCUT2D eigenvalue weighted by Gasteiger charge is 2.26. The lowest BCUT2D eigenvalue weighted by Crippen LogP contribution is -2.50. The highest BCUT2D eigenvalue weighted by molar-refractivity contribution is 5.92. The lowest BCUT2D eigenvalue weighted by atomic mass is 10.1. The second-order valence-electron chi connectivity index (χ2n) is 7.87. The van der Waals surface area contributed by atoms with Crippen LogP contribution >= 0.6 is 0 Å². The third-order valence-electron chi connectivity index (χ3n) is 4.41. The number of para-hydroxylation sites is 1.